The lowest BCUT2D eigenvalue weighted by molar-refractivity contribution is 0.222. The SMILES string of the molecule is C[C@H]1C[C@H](C)CN(S(=O)(=O)c2cc(Br)cnc2Cl)C1. The summed E-state index contributed by atoms with van der Waals surface area (Å²) in [4.78, 5) is 3.96. The van der Waals surface area contributed by atoms with E-state index in [2.05, 4.69) is 34.8 Å². The van der Waals surface area contributed by atoms with Crippen LogP contribution >= 0.6 is 27.5 Å². The van der Waals surface area contributed by atoms with Gasteiger partial charge in [0.1, 0.15) is 10.0 Å². The van der Waals surface area contributed by atoms with Crippen molar-refractivity contribution in [3.63, 3.8) is 0 Å². The van der Waals surface area contributed by atoms with Crippen molar-refractivity contribution < 1.29 is 8.42 Å². The maximum Gasteiger partial charge on any atom is 0.246 e. The molecule has 1 aromatic rings. The lowest BCUT2D eigenvalue weighted by Crippen LogP contribution is -2.42. The van der Waals surface area contributed by atoms with Crippen LogP contribution in [0.4, 0.5) is 0 Å². The minimum Gasteiger partial charge on any atom is -0.242 e. The number of sulfonamides is 1. The molecule has 0 radical (unpaired) electrons. The highest BCUT2D eigenvalue weighted by molar-refractivity contribution is 9.10. The number of aromatic nitrogens is 1. The smallest absolute Gasteiger partial charge is 0.242 e. The predicted molar refractivity (Wildman–Crippen MR) is 78.7 cm³/mol. The maximum atomic E-state index is 12.6. The van der Waals surface area contributed by atoms with E-state index in [1.165, 1.54) is 16.6 Å². The molecule has 0 saturated carbocycles. The highest BCUT2D eigenvalue weighted by atomic mass is 79.9. The molecule has 4 nitrogen and oxygen atoms in total. The van der Waals surface area contributed by atoms with Crippen LogP contribution in [0.3, 0.4) is 0 Å². The van der Waals surface area contributed by atoms with Crippen molar-refractivity contribution >= 4 is 37.6 Å². The van der Waals surface area contributed by atoms with Crippen LogP contribution in [0, 0.1) is 11.8 Å². The van der Waals surface area contributed by atoms with Gasteiger partial charge in [-0.15, -0.1) is 0 Å². The van der Waals surface area contributed by atoms with E-state index in [1.54, 1.807) is 0 Å². The zero-order chi connectivity index (χ0) is 14.2. The summed E-state index contributed by atoms with van der Waals surface area (Å²) in [6.07, 6.45) is 2.54. The third-order valence-electron chi connectivity index (χ3n) is 3.23. The molecule has 0 spiro atoms. The Labute approximate surface area is 127 Å². The van der Waals surface area contributed by atoms with Crippen LogP contribution in [0.5, 0.6) is 0 Å². The van der Waals surface area contributed by atoms with Gasteiger partial charge in [-0.3, -0.25) is 0 Å². The van der Waals surface area contributed by atoms with E-state index in [4.69, 9.17) is 11.6 Å². The summed E-state index contributed by atoms with van der Waals surface area (Å²) in [5.74, 6) is 0.717. The molecule has 0 bridgehead atoms. The Balaban J connectivity index is 2.39. The minimum atomic E-state index is -3.57. The van der Waals surface area contributed by atoms with Gasteiger partial charge in [-0.1, -0.05) is 25.4 Å². The van der Waals surface area contributed by atoms with Crippen LogP contribution < -0.4 is 0 Å². The van der Waals surface area contributed by atoms with Crippen LogP contribution in [-0.2, 0) is 10.0 Å². The van der Waals surface area contributed by atoms with E-state index in [-0.39, 0.29) is 10.0 Å². The molecule has 2 heterocycles. The van der Waals surface area contributed by atoms with Crippen molar-refractivity contribution in [2.75, 3.05) is 13.1 Å². The second kappa shape index (κ2) is 5.68. The first-order chi connectivity index (χ1) is 8.80. The summed E-state index contributed by atoms with van der Waals surface area (Å²) >= 11 is 9.17. The zero-order valence-corrected chi connectivity index (χ0v) is 14.0. The van der Waals surface area contributed by atoms with E-state index in [0.717, 1.165) is 6.42 Å². The standard InChI is InChI=1S/C12H16BrClN2O2S/c1-8-3-9(2)7-16(6-8)19(17,18)11-4-10(13)5-15-12(11)14/h4-5,8-9H,3,6-7H2,1-2H3/t8-,9-/m0/s1. The van der Waals surface area contributed by atoms with Gasteiger partial charge in [-0.2, -0.15) is 4.31 Å². The lowest BCUT2D eigenvalue weighted by atomic mass is 9.94. The molecule has 1 aliphatic rings. The molecule has 0 N–H and O–H groups in total. The Morgan fingerprint density at radius 3 is 2.53 bits per heavy atom. The third kappa shape index (κ3) is 3.29. The predicted octanol–water partition coefficient (Wildman–Crippen LogP) is 3.16. The van der Waals surface area contributed by atoms with Crippen molar-refractivity contribution in [3.05, 3.63) is 21.9 Å². The van der Waals surface area contributed by atoms with Crippen LogP contribution in [0.2, 0.25) is 5.15 Å². The fraction of sp³-hybridized carbons (Fsp3) is 0.583. The van der Waals surface area contributed by atoms with Gasteiger partial charge in [0.2, 0.25) is 10.0 Å². The van der Waals surface area contributed by atoms with Crippen molar-refractivity contribution in [3.8, 4) is 0 Å². The first kappa shape index (κ1) is 15.2. The molecule has 1 aromatic heterocycles. The van der Waals surface area contributed by atoms with Crippen LogP contribution in [-0.4, -0.2) is 30.8 Å². The molecule has 2 atom stereocenters. The van der Waals surface area contributed by atoms with Crippen LogP contribution in [0.25, 0.3) is 0 Å². The number of hydrogen-bond acceptors (Lipinski definition) is 3. The summed E-state index contributed by atoms with van der Waals surface area (Å²) in [5, 5.41) is 0.0223. The second-order valence-electron chi connectivity index (χ2n) is 5.21. The van der Waals surface area contributed by atoms with E-state index in [1.807, 2.05) is 0 Å². The lowest BCUT2D eigenvalue weighted by Gasteiger charge is -2.34. The maximum absolute atomic E-state index is 12.6. The summed E-state index contributed by atoms with van der Waals surface area (Å²) < 4.78 is 27.4. The van der Waals surface area contributed by atoms with E-state index >= 15 is 0 Å². The molecule has 106 valence electrons. The molecule has 1 fully saturated rings. The van der Waals surface area contributed by atoms with Gasteiger partial charge in [0.05, 0.1) is 0 Å². The largest absolute Gasteiger partial charge is 0.246 e. The van der Waals surface area contributed by atoms with Crippen molar-refractivity contribution in [1.29, 1.82) is 0 Å². The van der Waals surface area contributed by atoms with Gasteiger partial charge >= 0.3 is 0 Å². The zero-order valence-electron chi connectivity index (χ0n) is 10.8. The molecule has 0 aromatic carbocycles. The molecule has 0 amide bonds. The van der Waals surface area contributed by atoms with Crippen LogP contribution in [0.1, 0.15) is 20.3 Å². The van der Waals surface area contributed by atoms with Gasteiger partial charge in [0.25, 0.3) is 0 Å². The average molecular weight is 368 g/mol. The number of rotatable bonds is 2. The monoisotopic (exact) mass is 366 g/mol. The Bertz CT molecular complexity index is 569. The van der Waals surface area contributed by atoms with Crippen molar-refractivity contribution in [1.82, 2.24) is 9.29 Å². The summed E-state index contributed by atoms with van der Waals surface area (Å²) in [7, 11) is -3.57. The quantitative estimate of drug-likeness (QED) is 0.754. The Kier molecular flexibility index (Phi) is 4.55. The average Bonchev–Trinajstić information content (AvgIpc) is 2.31. The Morgan fingerprint density at radius 1 is 1.37 bits per heavy atom. The van der Waals surface area contributed by atoms with Gasteiger partial charge in [0, 0.05) is 23.8 Å². The van der Waals surface area contributed by atoms with Crippen LogP contribution in [0.15, 0.2) is 21.6 Å². The molecule has 0 aliphatic carbocycles. The Hall–Kier alpha value is -0.170. The van der Waals surface area contributed by atoms with Gasteiger partial charge < -0.3 is 0 Å². The summed E-state index contributed by atoms with van der Waals surface area (Å²) in [6, 6.07) is 1.51. The van der Waals surface area contributed by atoms with Crippen molar-refractivity contribution in [2.45, 2.75) is 25.2 Å². The molecular weight excluding hydrogens is 352 g/mol. The molecule has 19 heavy (non-hydrogen) atoms. The molecule has 1 saturated heterocycles. The van der Waals surface area contributed by atoms with Gasteiger partial charge in [-0.05, 0) is 40.3 Å². The summed E-state index contributed by atoms with van der Waals surface area (Å²) in [6.45, 7) is 5.21. The second-order valence-corrected chi connectivity index (χ2v) is 8.39. The number of pyridine rings is 1. The van der Waals surface area contributed by atoms with Gasteiger partial charge in [-0.25, -0.2) is 13.4 Å². The fourth-order valence-corrected chi connectivity index (χ4v) is 5.13. The normalized spacial score (nSPS) is 25.5. The van der Waals surface area contributed by atoms with E-state index in [9.17, 15) is 8.42 Å². The minimum absolute atomic E-state index is 0.0223. The molecule has 1 aliphatic heterocycles. The van der Waals surface area contributed by atoms with E-state index < -0.39 is 10.0 Å². The number of nitrogens with zero attached hydrogens (tertiary/aromatic N) is 2. The topological polar surface area (TPSA) is 50.3 Å². The van der Waals surface area contributed by atoms with Gasteiger partial charge in [0.15, 0.2) is 0 Å². The van der Waals surface area contributed by atoms with Crippen molar-refractivity contribution in [2.24, 2.45) is 11.8 Å². The summed E-state index contributed by atoms with van der Waals surface area (Å²) in [5.41, 5.74) is 0. The molecule has 2 rings (SSSR count). The Morgan fingerprint density at radius 2 is 1.95 bits per heavy atom. The highest BCUT2D eigenvalue weighted by Gasteiger charge is 2.33. The first-order valence-electron chi connectivity index (χ1n) is 6.12. The fourth-order valence-electron chi connectivity index (χ4n) is 2.53. The number of hydrogen-bond donors (Lipinski definition) is 0. The third-order valence-corrected chi connectivity index (χ3v) is 5.92. The molecular formula is C12H16BrClN2O2S. The first-order valence-corrected chi connectivity index (χ1v) is 8.73. The molecule has 0 unspecified atom stereocenters. The number of piperidine rings is 1. The highest BCUT2D eigenvalue weighted by Crippen LogP contribution is 2.30. The molecule has 7 heteroatoms. The number of halogens is 2. The van der Waals surface area contributed by atoms with E-state index in [0.29, 0.717) is 29.4 Å².